The molecule has 4 heterocycles. The van der Waals surface area contributed by atoms with Gasteiger partial charge in [0, 0.05) is 75.0 Å². The minimum atomic E-state index is -1.25. The molecule has 0 bridgehead atoms. The van der Waals surface area contributed by atoms with Crippen molar-refractivity contribution in [2.24, 2.45) is 47.3 Å². The molecule has 5 fully saturated rings. The first-order valence-electron chi connectivity index (χ1n) is 21.1. The van der Waals surface area contributed by atoms with Crippen molar-refractivity contribution in [1.29, 1.82) is 0 Å². The predicted octanol–water partition coefficient (Wildman–Crippen LogP) is 0.0357. The van der Waals surface area contributed by atoms with Gasteiger partial charge in [0.25, 0.3) is 0 Å². The van der Waals surface area contributed by atoms with Crippen molar-refractivity contribution in [3.05, 3.63) is 0 Å². The SMILES string of the molecule is CC(C)(OC(=O)C1CC(C(=O)OC(C)(C)C2CC[NH2+]CC2)C(C(=O)OC(C)(C)C2CC[NH2+]CC2)C1C(=O)OC(C)(C)C1CC[NH2+]CC1)C1CC[NH2+]CC1. The average Bonchev–Trinajstić information content (AvgIpc) is 3.55. The highest BCUT2D eigenvalue weighted by molar-refractivity contribution is 5.93. The van der Waals surface area contributed by atoms with Crippen molar-refractivity contribution >= 4 is 23.9 Å². The molecule has 12 nitrogen and oxygen atoms in total. The Labute approximate surface area is 318 Å². The van der Waals surface area contributed by atoms with Crippen LogP contribution in [0.25, 0.3) is 0 Å². The maximum Gasteiger partial charge on any atom is 0.311 e. The lowest BCUT2D eigenvalue weighted by molar-refractivity contribution is -0.666. The second kappa shape index (κ2) is 17.2. The molecule has 12 heteroatoms. The van der Waals surface area contributed by atoms with Gasteiger partial charge in [0.1, 0.15) is 22.4 Å². The lowest BCUT2D eigenvalue weighted by Gasteiger charge is -2.39. The van der Waals surface area contributed by atoms with E-state index in [4.69, 9.17) is 18.9 Å². The van der Waals surface area contributed by atoms with Crippen LogP contribution in [0.1, 0.15) is 113 Å². The van der Waals surface area contributed by atoms with Crippen molar-refractivity contribution < 1.29 is 59.4 Å². The normalized spacial score (nSPS) is 27.9. The zero-order chi connectivity index (χ0) is 38.6. The maximum atomic E-state index is 14.8. The second-order valence-electron chi connectivity index (χ2n) is 19.2. The van der Waals surface area contributed by atoms with Crippen LogP contribution >= 0.6 is 0 Å². The number of nitrogens with two attached hydrogens (primary N) is 4. The Morgan fingerprint density at radius 1 is 0.377 bits per heavy atom. The van der Waals surface area contributed by atoms with E-state index in [9.17, 15) is 19.2 Å². The third-order valence-electron chi connectivity index (χ3n) is 14.1. The molecular weight excluding hydrogens is 676 g/mol. The Kier molecular flexibility index (Phi) is 13.6. The molecule has 1 aliphatic carbocycles. The van der Waals surface area contributed by atoms with E-state index in [2.05, 4.69) is 21.3 Å². The van der Waals surface area contributed by atoms with Crippen molar-refractivity contribution in [1.82, 2.24) is 0 Å². The van der Waals surface area contributed by atoms with Crippen LogP contribution in [0.3, 0.4) is 0 Å². The van der Waals surface area contributed by atoms with Crippen molar-refractivity contribution in [2.45, 2.75) is 136 Å². The van der Waals surface area contributed by atoms with Gasteiger partial charge in [-0.1, -0.05) is 0 Å². The Balaban J connectivity index is 1.50. The molecule has 0 amide bonds. The Morgan fingerprint density at radius 3 is 0.811 bits per heavy atom. The van der Waals surface area contributed by atoms with Gasteiger partial charge in [-0.05, 0) is 61.8 Å². The molecule has 0 spiro atoms. The predicted molar refractivity (Wildman–Crippen MR) is 197 cm³/mol. The zero-order valence-electron chi connectivity index (χ0n) is 34.2. The smallest absolute Gasteiger partial charge is 0.311 e. The number of hydrogen-bond donors (Lipinski definition) is 4. The van der Waals surface area contributed by atoms with E-state index in [0.717, 1.165) is 104 Å². The Bertz CT molecular complexity index is 1180. The van der Waals surface area contributed by atoms with E-state index in [1.807, 2.05) is 55.4 Å². The number of piperidine rings is 4. The van der Waals surface area contributed by atoms with Crippen LogP contribution in [0.4, 0.5) is 0 Å². The molecular formula is C41H74N4O8+4. The summed E-state index contributed by atoms with van der Waals surface area (Å²) in [7, 11) is 0. The van der Waals surface area contributed by atoms with Gasteiger partial charge in [-0.25, -0.2) is 0 Å². The Morgan fingerprint density at radius 2 is 0.585 bits per heavy atom. The van der Waals surface area contributed by atoms with Gasteiger partial charge in [0.05, 0.1) is 76.0 Å². The summed E-state index contributed by atoms with van der Waals surface area (Å²) < 4.78 is 25.5. The van der Waals surface area contributed by atoms with Gasteiger partial charge < -0.3 is 40.2 Å². The van der Waals surface area contributed by atoms with E-state index in [-0.39, 0.29) is 30.1 Å². The first kappa shape index (κ1) is 41.9. The number of carbonyl (C=O) groups is 4. The molecule has 4 unspecified atom stereocenters. The summed E-state index contributed by atoms with van der Waals surface area (Å²) in [5.41, 5.74) is -3.23. The average molecular weight is 751 g/mol. The van der Waals surface area contributed by atoms with Crippen LogP contribution in [-0.4, -0.2) is 98.6 Å². The van der Waals surface area contributed by atoms with Crippen LogP contribution in [0.5, 0.6) is 0 Å². The number of esters is 4. The molecule has 0 aromatic carbocycles. The van der Waals surface area contributed by atoms with Gasteiger partial charge in [0.15, 0.2) is 0 Å². The van der Waals surface area contributed by atoms with Gasteiger partial charge in [-0.2, -0.15) is 0 Å². The van der Waals surface area contributed by atoms with Crippen LogP contribution < -0.4 is 21.3 Å². The summed E-state index contributed by atoms with van der Waals surface area (Å²) in [5, 5.41) is 9.09. The summed E-state index contributed by atoms with van der Waals surface area (Å²) in [6.45, 7) is 23.1. The fraction of sp³-hybridized carbons (Fsp3) is 0.902. The second-order valence-corrected chi connectivity index (χ2v) is 19.2. The van der Waals surface area contributed by atoms with E-state index in [1.54, 1.807) is 0 Å². The molecule has 5 rings (SSSR count). The van der Waals surface area contributed by atoms with Gasteiger partial charge >= 0.3 is 23.9 Å². The largest absolute Gasteiger partial charge is 0.459 e. The van der Waals surface area contributed by atoms with Crippen LogP contribution in [0.15, 0.2) is 0 Å². The maximum absolute atomic E-state index is 14.8. The topological polar surface area (TPSA) is 172 Å². The fourth-order valence-corrected chi connectivity index (χ4v) is 10.3. The lowest BCUT2D eigenvalue weighted by Crippen LogP contribution is -2.86. The highest BCUT2D eigenvalue weighted by Gasteiger charge is 2.61. The Hall–Kier alpha value is -2.28. The van der Waals surface area contributed by atoms with Gasteiger partial charge in [0.2, 0.25) is 0 Å². The molecule has 4 aliphatic heterocycles. The van der Waals surface area contributed by atoms with Crippen molar-refractivity contribution in [3.63, 3.8) is 0 Å². The van der Waals surface area contributed by atoms with Crippen molar-refractivity contribution in [2.75, 3.05) is 52.4 Å². The monoisotopic (exact) mass is 751 g/mol. The van der Waals surface area contributed by atoms with Gasteiger partial charge in [-0.15, -0.1) is 0 Å². The van der Waals surface area contributed by atoms with Crippen molar-refractivity contribution in [3.8, 4) is 0 Å². The molecule has 0 radical (unpaired) electrons. The highest BCUT2D eigenvalue weighted by atomic mass is 16.6. The molecule has 5 aliphatic rings. The van der Waals surface area contributed by atoms with E-state index in [1.165, 1.54) is 0 Å². The zero-order valence-corrected chi connectivity index (χ0v) is 34.2. The molecule has 302 valence electrons. The summed E-state index contributed by atoms with van der Waals surface area (Å²) in [6.07, 6.45) is 7.18. The highest BCUT2D eigenvalue weighted by Crippen LogP contribution is 2.48. The minimum Gasteiger partial charge on any atom is -0.459 e. The number of rotatable bonds is 12. The molecule has 8 N–H and O–H groups in total. The third kappa shape index (κ3) is 10.1. The number of hydrogen-bond acceptors (Lipinski definition) is 8. The standard InChI is InChI=1S/C41H70N4O8/c1-38(2,26-9-17-42-18-10-26)50-34(46)30-25-31(35(47)51-39(3,4)27-11-19-43-20-12-27)33(37(49)53-41(7,8)29-15-23-45-24-16-29)32(30)36(48)52-40(5,6)28-13-21-44-22-14-28/h26-33,42-45H,9-25H2,1-8H3/p+4. The number of quaternary nitrogens is 4. The first-order valence-corrected chi connectivity index (χ1v) is 21.1. The summed E-state index contributed by atoms with van der Waals surface area (Å²) >= 11 is 0. The lowest BCUT2D eigenvalue weighted by atomic mass is 9.81. The fourth-order valence-electron chi connectivity index (χ4n) is 10.3. The molecule has 0 aromatic rings. The molecule has 4 saturated heterocycles. The molecule has 0 aromatic heterocycles. The van der Waals surface area contributed by atoms with E-state index < -0.39 is 70.0 Å². The summed E-state index contributed by atoms with van der Waals surface area (Å²) in [4.78, 5) is 58.6. The van der Waals surface area contributed by atoms with Crippen LogP contribution in [-0.2, 0) is 38.1 Å². The first-order chi connectivity index (χ1) is 24.9. The molecule has 1 saturated carbocycles. The van der Waals surface area contributed by atoms with E-state index in [0.29, 0.717) is 0 Å². The van der Waals surface area contributed by atoms with E-state index >= 15 is 0 Å². The molecule has 53 heavy (non-hydrogen) atoms. The summed E-state index contributed by atoms with van der Waals surface area (Å²) in [5.74, 6) is -6.45. The van der Waals surface area contributed by atoms with Gasteiger partial charge in [-0.3, -0.25) is 19.2 Å². The quantitative estimate of drug-likeness (QED) is 0.160. The van der Waals surface area contributed by atoms with Crippen LogP contribution in [0, 0.1) is 47.3 Å². The number of ether oxygens (including phenoxy) is 4. The number of carbonyl (C=O) groups excluding carboxylic acids is 4. The summed E-state index contributed by atoms with van der Waals surface area (Å²) in [6, 6.07) is 0. The minimum absolute atomic E-state index is 0.0438. The molecule has 4 atom stereocenters. The third-order valence-corrected chi connectivity index (χ3v) is 14.1. The van der Waals surface area contributed by atoms with Crippen LogP contribution in [0.2, 0.25) is 0 Å².